The number of rotatable bonds is 4. The van der Waals surface area contributed by atoms with Crippen LogP contribution >= 0.6 is 0 Å². The summed E-state index contributed by atoms with van der Waals surface area (Å²) in [5.74, 6) is 0. The molecule has 0 radical (unpaired) electrons. The minimum atomic E-state index is -0.779. The lowest BCUT2D eigenvalue weighted by atomic mass is 10.3. The van der Waals surface area contributed by atoms with Crippen LogP contribution in [0.2, 0.25) is 0 Å². The smallest absolute Gasteiger partial charge is 0.0977 e. The van der Waals surface area contributed by atoms with Crippen LogP contribution in [0.15, 0.2) is 11.6 Å². The second kappa shape index (κ2) is 4.91. The Balaban J connectivity index is 2.41. The van der Waals surface area contributed by atoms with Crippen LogP contribution in [0.4, 0.5) is 0 Å². The Kier molecular flexibility index (Phi) is 4.13. The predicted octanol–water partition coefficient (Wildman–Crippen LogP) is 2.10. The zero-order chi connectivity index (χ0) is 9.84. The molecule has 1 heterocycles. The highest BCUT2D eigenvalue weighted by Gasteiger charge is 2.21. The van der Waals surface area contributed by atoms with Crippen LogP contribution in [0.5, 0.6) is 0 Å². The van der Waals surface area contributed by atoms with E-state index in [4.69, 9.17) is 0 Å². The normalized spacial score (nSPS) is 22.8. The molecule has 0 aromatic heterocycles. The van der Waals surface area contributed by atoms with Gasteiger partial charge in [0.1, 0.15) is 0 Å². The molecule has 3 heteroatoms. The summed E-state index contributed by atoms with van der Waals surface area (Å²) in [5, 5.41) is 0.310. The first kappa shape index (κ1) is 10.9. The molecule has 0 fully saturated rings. The van der Waals surface area contributed by atoms with Gasteiger partial charge in [-0.3, -0.25) is 0 Å². The maximum absolute atomic E-state index is 11.9. The SMILES string of the molecule is CCCC(C)S(=O)N1CC=C(C)C1. The first-order valence-corrected chi connectivity index (χ1v) is 6.13. The third kappa shape index (κ3) is 2.92. The van der Waals surface area contributed by atoms with Gasteiger partial charge in [-0.1, -0.05) is 25.0 Å². The topological polar surface area (TPSA) is 20.3 Å². The molecule has 76 valence electrons. The lowest BCUT2D eigenvalue weighted by Crippen LogP contribution is -2.30. The maximum atomic E-state index is 11.9. The Morgan fingerprint density at radius 3 is 2.85 bits per heavy atom. The van der Waals surface area contributed by atoms with Gasteiger partial charge in [0.2, 0.25) is 0 Å². The van der Waals surface area contributed by atoms with E-state index in [1.165, 1.54) is 5.57 Å². The summed E-state index contributed by atoms with van der Waals surface area (Å²) in [6.07, 6.45) is 4.34. The fraction of sp³-hybridized carbons (Fsp3) is 0.800. The average molecular weight is 201 g/mol. The van der Waals surface area contributed by atoms with Crippen LogP contribution in [0.1, 0.15) is 33.6 Å². The van der Waals surface area contributed by atoms with Crippen LogP contribution in [-0.2, 0) is 11.0 Å². The molecule has 0 aliphatic carbocycles. The summed E-state index contributed by atoms with van der Waals surface area (Å²) < 4.78 is 13.9. The predicted molar refractivity (Wildman–Crippen MR) is 57.8 cm³/mol. The van der Waals surface area contributed by atoms with Gasteiger partial charge in [0.05, 0.1) is 11.0 Å². The molecular formula is C10H19NOS. The molecule has 0 bridgehead atoms. The molecular weight excluding hydrogens is 182 g/mol. The van der Waals surface area contributed by atoms with Crippen molar-refractivity contribution in [3.05, 3.63) is 11.6 Å². The van der Waals surface area contributed by atoms with E-state index < -0.39 is 11.0 Å². The molecule has 1 aliphatic rings. The molecule has 1 rings (SSSR count). The first-order chi connectivity index (χ1) is 6.15. The minimum Gasteiger partial charge on any atom is -0.242 e. The lowest BCUT2D eigenvalue weighted by Gasteiger charge is -2.19. The molecule has 0 aromatic carbocycles. The van der Waals surface area contributed by atoms with E-state index in [0.717, 1.165) is 25.9 Å². The fourth-order valence-electron chi connectivity index (χ4n) is 1.56. The van der Waals surface area contributed by atoms with E-state index in [1.54, 1.807) is 0 Å². The molecule has 2 atom stereocenters. The Labute approximate surface area is 83.6 Å². The van der Waals surface area contributed by atoms with Gasteiger partial charge in [-0.2, -0.15) is 0 Å². The highest BCUT2D eigenvalue weighted by atomic mass is 32.2. The number of nitrogens with zero attached hydrogens (tertiary/aromatic N) is 1. The molecule has 0 amide bonds. The largest absolute Gasteiger partial charge is 0.242 e. The molecule has 0 saturated heterocycles. The zero-order valence-electron chi connectivity index (χ0n) is 8.75. The van der Waals surface area contributed by atoms with Gasteiger partial charge in [0.25, 0.3) is 0 Å². The highest BCUT2D eigenvalue weighted by molar-refractivity contribution is 7.83. The molecule has 0 N–H and O–H groups in total. The average Bonchev–Trinajstić information content (AvgIpc) is 2.51. The summed E-state index contributed by atoms with van der Waals surface area (Å²) in [7, 11) is -0.779. The maximum Gasteiger partial charge on any atom is 0.0977 e. The zero-order valence-corrected chi connectivity index (χ0v) is 9.56. The third-order valence-electron chi connectivity index (χ3n) is 2.36. The Bertz CT molecular complexity index is 225. The van der Waals surface area contributed by atoms with Crippen molar-refractivity contribution in [3.8, 4) is 0 Å². The third-order valence-corrected chi connectivity index (χ3v) is 4.07. The Morgan fingerprint density at radius 2 is 2.38 bits per heavy atom. The van der Waals surface area contributed by atoms with E-state index in [2.05, 4.69) is 31.2 Å². The van der Waals surface area contributed by atoms with Crippen molar-refractivity contribution in [3.63, 3.8) is 0 Å². The summed E-state index contributed by atoms with van der Waals surface area (Å²) in [6, 6.07) is 0. The van der Waals surface area contributed by atoms with Gasteiger partial charge in [0, 0.05) is 18.3 Å². The molecule has 13 heavy (non-hydrogen) atoms. The molecule has 0 spiro atoms. The molecule has 0 saturated carbocycles. The van der Waals surface area contributed by atoms with Crippen molar-refractivity contribution in [1.29, 1.82) is 0 Å². The standard InChI is InChI=1S/C10H19NOS/c1-4-5-10(3)13(12)11-7-6-9(2)8-11/h6,10H,4-5,7-8H2,1-3H3. The quantitative estimate of drug-likeness (QED) is 0.638. The van der Waals surface area contributed by atoms with Gasteiger partial charge in [0.15, 0.2) is 0 Å². The highest BCUT2D eigenvalue weighted by Crippen LogP contribution is 2.15. The molecule has 2 unspecified atom stereocenters. The van der Waals surface area contributed by atoms with E-state index in [9.17, 15) is 4.21 Å². The minimum absolute atomic E-state index is 0.310. The van der Waals surface area contributed by atoms with Crippen molar-refractivity contribution in [1.82, 2.24) is 4.31 Å². The Morgan fingerprint density at radius 1 is 1.69 bits per heavy atom. The van der Waals surface area contributed by atoms with Gasteiger partial charge in [-0.05, 0) is 20.3 Å². The van der Waals surface area contributed by atoms with Crippen molar-refractivity contribution in [2.75, 3.05) is 13.1 Å². The van der Waals surface area contributed by atoms with Crippen LogP contribution in [0.3, 0.4) is 0 Å². The molecule has 0 aromatic rings. The Hall–Kier alpha value is -0.150. The summed E-state index contributed by atoms with van der Waals surface area (Å²) in [5.41, 5.74) is 1.34. The lowest BCUT2D eigenvalue weighted by molar-refractivity contribution is 0.532. The van der Waals surface area contributed by atoms with Crippen molar-refractivity contribution >= 4 is 11.0 Å². The second-order valence-corrected chi connectivity index (χ2v) is 5.62. The van der Waals surface area contributed by atoms with Crippen molar-refractivity contribution in [2.24, 2.45) is 0 Å². The molecule has 1 aliphatic heterocycles. The van der Waals surface area contributed by atoms with Crippen LogP contribution in [-0.4, -0.2) is 26.9 Å². The van der Waals surface area contributed by atoms with E-state index >= 15 is 0 Å². The van der Waals surface area contributed by atoms with Crippen LogP contribution in [0, 0.1) is 0 Å². The van der Waals surface area contributed by atoms with Crippen LogP contribution < -0.4 is 0 Å². The molecule has 2 nitrogen and oxygen atoms in total. The van der Waals surface area contributed by atoms with E-state index in [1.807, 2.05) is 0 Å². The first-order valence-electron chi connectivity index (χ1n) is 4.96. The van der Waals surface area contributed by atoms with Gasteiger partial charge in [-0.25, -0.2) is 8.51 Å². The second-order valence-electron chi connectivity index (χ2n) is 3.75. The number of hydrogen-bond donors (Lipinski definition) is 0. The fourth-order valence-corrected chi connectivity index (χ4v) is 3.06. The summed E-state index contributed by atoms with van der Waals surface area (Å²) in [6.45, 7) is 8.07. The van der Waals surface area contributed by atoms with Gasteiger partial charge >= 0.3 is 0 Å². The van der Waals surface area contributed by atoms with Gasteiger partial charge in [-0.15, -0.1) is 0 Å². The summed E-state index contributed by atoms with van der Waals surface area (Å²) >= 11 is 0. The summed E-state index contributed by atoms with van der Waals surface area (Å²) in [4.78, 5) is 0. The van der Waals surface area contributed by atoms with Crippen LogP contribution in [0.25, 0.3) is 0 Å². The van der Waals surface area contributed by atoms with E-state index in [-0.39, 0.29) is 0 Å². The van der Waals surface area contributed by atoms with E-state index in [0.29, 0.717) is 5.25 Å². The monoisotopic (exact) mass is 201 g/mol. The van der Waals surface area contributed by atoms with Gasteiger partial charge < -0.3 is 0 Å². The van der Waals surface area contributed by atoms with Crippen molar-refractivity contribution in [2.45, 2.75) is 38.9 Å². The number of hydrogen-bond acceptors (Lipinski definition) is 1. The van der Waals surface area contributed by atoms with Crippen molar-refractivity contribution < 1.29 is 4.21 Å².